The van der Waals surface area contributed by atoms with E-state index in [-0.39, 0.29) is 17.8 Å². The van der Waals surface area contributed by atoms with Crippen LogP contribution in [0.15, 0.2) is 29.3 Å². The molecule has 0 atom stereocenters. The highest BCUT2D eigenvalue weighted by atomic mass is 16.3. The number of carbonyl (C=O) groups excluding carboxylic acids is 1. The number of aliphatic imine (C=N–C) groups is 1. The monoisotopic (exact) mass is 380 g/mol. The summed E-state index contributed by atoms with van der Waals surface area (Å²) >= 11 is 0. The number of nitrogens with one attached hydrogen (secondary N) is 1. The van der Waals surface area contributed by atoms with Crippen LogP contribution in [0.3, 0.4) is 0 Å². The summed E-state index contributed by atoms with van der Waals surface area (Å²) in [6, 6.07) is 7.47. The predicted molar refractivity (Wildman–Crippen MR) is 105 cm³/mol. The van der Waals surface area contributed by atoms with Crippen molar-refractivity contribution in [2.24, 2.45) is 10.9 Å². The molecule has 0 saturated heterocycles. The first-order valence-corrected chi connectivity index (χ1v) is 10.2. The van der Waals surface area contributed by atoms with Crippen LogP contribution in [0.25, 0.3) is 5.69 Å². The molecule has 0 spiro atoms. The molecular formula is C21H26N5O2-. The van der Waals surface area contributed by atoms with E-state index in [0.717, 1.165) is 30.6 Å². The van der Waals surface area contributed by atoms with E-state index in [9.17, 15) is 9.90 Å². The molecule has 2 aromatic rings. The molecule has 1 aromatic heterocycles. The highest BCUT2D eigenvalue weighted by Gasteiger charge is 2.29. The number of rotatable bonds is 7. The second kappa shape index (κ2) is 8.12. The number of hydrogen-bond acceptors (Lipinski definition) is 5. The zero-order valence-corrected chi connectivity index (χ0v) is 16.2. The van der Waals surface area contributed by atoms with Gasteiger partial charge in [0.05, 0.1) is 11.4 Å². The summed E-state index contributed by atoms with van der Waals surface area (Å²) in [6.45, 7) is 2.31. The van der Waals surface area contributed by atoms with Crippen molar-refractivity contribution < 1.29 is 9.90 Å². The molecule has 1 heterocycles. The Balaban J connectivity index is 1.64. The molecular weight excluding hydrogens is 354 g/mol. The van der Waals surface area contributed by atoms with E-state index in [1.807, 2.05) is 19.1 Å². The van der Waals surface area contributed by atoms with Gasteiger partial charge in [-0.3, -0.25) is 4.79 Å². The SMILES string of the molecule is CCN=C([O-])c1ccc(-n2nnc(C(=O)NC3CC3)c2CC2CCCC2)cc1. The van der Waals surface area contributed by atoms with Gasteiger partial charge in [-0.15, -0.1) is 5.10 Å². The Labute approximate surface area is 164 Å². The van der Waals surface area contributed by atoms with Crippen LogP contribution in [0.4, 0.5) is 0 Å². The normalized spacial score (nSPS) is 17.8. The zero-order chi connectivity index (χ0) is 19.5. The van der Waals surface area contributed by atoms with Gasteiger partial charge in [0.1, 0.15) is 0 Å². The first kappa shape index (κ1) is 18.7. The van der Waals surface area contributed by atoms with Crippen LogP contribution in [0, 0.1) is 5.92 Å². The number of hydrogen-bond donors (Lipinski definition) is 1. The highest BCUT2D eigenvalue weighted by Crippen LogP contribution is 2.30. The first-order chi connectivity index (χ1) is 13.7. The van der Waals surface area contributed by atoms with E-state index in [1.54, 1.807) is 16.8 Å². The van der Waals surface area contributed by atoms with Gasteiger partial charge in [-0.05, 0) is 55.7 Å². The fourth-order valence-electron chi connectivity index (χ4n) is 3.82. The second-order valence-corrected chi connectivity index (χ2v) is 7.73. The van der Waals surface area contributed by atoms with Crippen LogP contribution in [0.2, 0.25) is 0 Å². The molecule has 1 N–H and O–H groups in total. The Hall–Kier alpha value is -2.70. The summed E-state index contributed by atoms with van der Waals surface area (Å²) in [5, 5.41) is 23.5. The number of benzene rings is 1. The molecule has 0 radical (unpaired) electrons. The van der Waals surface area contributed by atoms with Crippen molar-refractivity contribution in [3.8, 4) is 5.69 Å². The molecule has 2 aliphatic carbocycles. The molecule has 0 aliphatic heterocycles. The van der Waals surface area contributed by atoms with E-state index in [0.29, 0.717) is 23.7 Å². The Morgan fingerprint density at radius 1 is 1.21 bits per heavy atom. The van der Waals surface area contributed by atoms with Crippen LogP contribution in [0.1, 0.15) is 67.2 Å². The van der Waals surface area contributed by atoms with Crippen molar-refractivity contribution in [3.05, 3.63) is 41.2 Å². The molecule has 4 rings (SSSR count). The topological polar surface area (TPSA) is 95.2 Å². The Morgan fingerprint density at radius 3 is 2.57 bits per heavy atom. The molecule has 148 valence electrons. The van der Waals surface area contributed by atoms with E-state index < -0.39 is 0 Å². The van der Waals surface area contributed by atoms with Gasteiger partial charge >= 0.3 is 0 Å². The summed E-state index contributed by atoms with van der Waals surface area (Å²) in [7, 11) is 0. The number of nitrogens with zero attached hydrogens (tertiary/aromatic N) is 4. The summed E-state index contributed by atoms with van der Waals surface area (Å²) in [4.78, 5) is 16.6. The molecule has 1 amide bonds. The summed E-state index contributed by atoms with van der Waals surface area (Å²) in [5.74, 6) is 0.215. The molecule has 2 aliphatic rings. The van der Waals surface area contributed by atoms with Gasteiger partial charge in [0.15, 0.2) is 5.69 Å². The lowest BCUT2D eigenvalue weighted by molar-refractivity contribution is -0.213. The summed E-state index contributed by atoms with van der Waals surface area (Å²) < 4.78 is 1.76. The minimum atomic E-state index is -0.219. The molecule has 2 fully saturated rings. The van der Waals surface area contributed by atoms with Crippen molar-refractivity contribution in [2.75, 3.05) is 6.54 Å². The van der Waals surface area contributed by atoms with Gasteiger partial charge in [0.25, 0.3) is 5.91 Å². The zero-order valence-electron chi connectivity index (χ0n) is 16.2. The average molecular weight is 380 g/mol. The molecule has 7 nitrogen and oxygen atoms in total. The van der Waals surface area contributed by atoms with Crippen LogP contribution in [-0.4, -0.2) is 39.4 Å². The van der Waals surface area contributed by atoms with Crippen molar-refractivity contribution in [2.45, 2.75) is 57.9 Å². The van der Waals surface area contributed by atoms with Crippen LogP contribution < -0.4 is 10.4 Å². The van der Waals surface area contributed by atoms with Gasteiger partial charge < -0.3 is 15.4 Å². The largest absolute Gasteiger partial charge is 0.858 e. The quantitative estimate of drug-likeness (QED) is 0.587. The maximum absolute atomic E-state index is 12.7. The first-order valence-electron chi connectivity index (χ1n) is 10.2. The van der Waals surface area contributed by atoms with Gasteiger partial charge in [-0.1, -0.05) is 43.0 Å². The standard InChI is InChI=1S/C21H27N5O2/c1-2-22-20(27)15-7-11-17(12-8-15)26-18(13-14-5-3-4-6-14)19(24-25-26)21(28)23-16-9-10-16/h7-8,11-12,14,16H,2-6,9-10,13H2,1H3,(H,22,27)(H,23,28)/p-1. The van der Waals surface area contributed by atoms with Gasteiger partial charge in [0, 0.05) is 12.6 Å². The Morgan fingerprint density at radius 2 is 1.93 bits per heavy atom. The van der Waals surface area contributed by atoms with E-state index >= 15 is 0 Å². The van der Waals surface area contributed by atoms with Gasteiger partial charge in [-0.2, -0.15) is 0 Å². The number of aromatic nitrogens is 3. The lowest BCUT2D eigenvalue weighted by Gasteiger charge is -2.14. The predicted octanol–water partition coefficient (Wildman–Crippen LogP) is 2.02. The average Bonchev–Trinajstić information content (AvgIpc) is 3.18. The van der Waals surface area contributed by atoms with Gasteiger partial charge in [-0.25, -0.2) is 4.68 Å². The summed E-state index contributed by atoms with van der Waals surface area (Å²) in [6.07, 6.45) is 7.72. The lowest BCUT2D eigenvalue weighted by atomic mass is 10.00. The maximum Gasteiger partial charge on any atom is 0.273 e. The molecule has 2 saturated carbocycles. The van der Waals surface area contributed by atoms with Crippen molar-refractivity contribution >= 4 is 11.8 Å². The fraction of sp³-hybridized carbons (Fsp3) is 0.524. The number of amides is 1. The number of carbonyl (C=O) groups is 1. The third kappa shape index (κ3) is 4.08. The smallest absolute Gasteiger partial charge is 0.273 e. The van der Waals surface area contributed by atoms with E-state index in [4.69, 9.17) is 0 Å². The van der Waals surface area contributed by atoms with Crippen LogP contribution in [-0.2, 0) is 6.42 Å². The molecule has 28 heavy (non-hydrogen) atoms. The fourth-order valence-corrected chi connectivity index (χ4v) is 3.82. The Bertz CT molecular complexity index is 861. The van der Waals surface area contributed by atoms with Crippen molar-refractivity contribution in [3.63, 3.8) is 0 Å². The molecule has 1 aromatic carbocycles. The minimum Gasteiger partial charge on any atom is -0.858 e. The second-order valence-electron chi connectivity index (χ2n) is 7.73. The highest BCUT2D eigenvalue weighted by molar-refractivity contribution is 5.94. The third-order valence-electron chi connectivity index (χ3n) is 5.51. The van der Waals surface area contributed by atoms with Crippen LogP contribution in [0.5, 0.6) is 0 Å². The Kier molecular flexibility index (Phi) is 5.41. The lowest BCUT2D eigenvalue weighted by Crippen LogP contribution is -2.27. The van der Waals surface area contributed by atoms with E-state index in [1.165, 1.54) is 25.7 Å². The van der Waals surface area contributed by atoms with Crippen molar-refractivity contribution in [1.29, 1.82) is 0 Å². The third-order valence-corrected chi connectivity index (χ3v) is 5.51. The molecule has 0 bridgehead atoms. The molecule has 7 heteroatoms. The van der Waals surface area contributed by atoms with Crippen LogP contribution >= 0.6 is 0 Å². The molecule has 0 unspecified atom stereocenters. The summed E-state index contributed by atoms with van der Waals surface area (Å²) in [5.41, 5.74) is 2.65. The van der Waals surface area contributed by atoms with Gasteiger partial charge in [0.2, 0.25) is 0 Å². The van der Waals surface area contributed by atoms with E-state index in [2.05, 4.69) is 20.6 Å². The maximum atomic E-state index is 12.7. The van der Waals surface area contributed by atoms with Crippen molar-refractivity contribution in [1.82, 2.24) is 20.3 Å². The minimum absolute atomic E-state index is 0.129.